The Kier molecular flexibility index (Phi) is 31.4. The molecule has 0 aliphatic carbocycles. The van der Waals surface area contributed by atoms with Crippen LogP contribution in [0.25, 0.3) is 66.4 Å². The number of aromatic nitrogens is 5. The van der Waals surface area contributed by atoms with Crippen LogP contribution in [0, 0.1) is 67.0 Å². The number of carbonyl (C=O) groups is 6. The molecule has 139 heavy (non-hydrogen) atoms. The predicted molar refractivity (Wildman–Crippen MR) is 470 cm³/mol. The van der Waals surface area contributed by atoms with E-state index >= 15 is 26.3 Å². The number of benzene rings is 7. The van der Waals surface area contributed by atoms with Gasteiger partial charge < -0.3 is 59.1 Å². The minimum atomic E-state index is -4.77. The standard InChI is InChI=1S/C32H24ClF5N4O4.C32H26F8N4O4.C32H29F5N4O4/c1-45-31(44)26(12-18-5-7-22(29-20(18)3-2-8-40-29)21-6-4-17(15-39)11-23(21)33)41-30(43)28-24(34)13-19(14-25(28)35)42-9-10-46-27(16-42)32(36,37)38;1-16-5-8-21(31(35,36)37)28(42-16)20-7-6-17(19-4-3-9-41-27(19)20)12-24(30(46)47-2)43-29(45)26-22(33)13-18(14-23(26)34)44-10-11-48-15-25(44)32(38,39)40;1-17-8-10-39-28(18(17)2)22-7-6-19(21-5-4-9-38-29(21)22)13-25(31(43)44-3)40-30(42)27-23(33)14-20(15-24(27)34)41-11-12-45-16-26(41)32(35,36)37/h2-8,11,13-14,26-27H,9-10,12,16H2,1H3,(H,41,43);3-9,13-14,24-25H,10-12,15H2,1-2H3,(H,43,45);4-10,14-15,25-26H,11-13,16H2,1-3H3,(H,40,42)/t26-,27+;24-,25+;25-,26+/m000/s1. The summed E-state index contributed by atoms with van der Waals surface area (Å²) in [7, 11) is 3.19. The zero-order chi connectivity index (χ0) is 101. The maximum absolute atomic E-state index is 15.2. The van der Waals surface area contributed by atoms with Gasteiger partial charge in [0.2, 0.25) is 0 Å². The summed E-state index contributed by atoms with van der Waals surface area (Å²) >= 11 is 6.44. The van der Waals surface area contributed by atoms with Crippen LogP contribution in [0.5, 0.6) is 0 Å². The quantitative estimate of drug-likeness (QED) is 0.0342. The van der Waals surface area contributed by atoms with E-state index in [-0.39, 0.29) is 81.2 Å². The van der Waals surface area contributed by atoms with Crippen molar-refractivity contribution in [1.82, 2.24) is 40.9 Å². The van der Waals surface area contributed by atoms with Gasteiger partial charge in [0.1, 0.15) is 81.8 Å². The van der Waals surface area contributed by atoms with Crippen LogP contribution in [0.2, 0.25) is 5.02 Å². The number of ether oxygens (including phenoxy) is 6. The number of rotatable bonds is 21. The number of morpholine rings is 3. The van der Waals surface area contributed by atoms with Crippen LogP contribution in [0.15, 0.2) is 170 Å². The molecule has 12 aromatic rings. The second kappa shape index (κ2) is 42.8. The van der Waals surface area contributed by atoms with Crippen LogP contribution in [0.3, 0.4) is 0 Å². The summed E-state index contributed by atoms with van der Waals surface area (Å²) < 4.78 is 282. The molecule has 24 nitrogen and oxygen atoms in total. The van der Waals surface area contributed by atoms with E-state index < -0.39 is 185 Å². The number of nitrogens with zero attached hydrogens (tertiary/aromatic N) is 9. The highest BCUT2D eigenvalue weighted by atomic mass is 35.5. The lowest BCUT2D eigenvalue weighted by Crippen LogP contribution is -2.53. The summed E-state index contributed by atoms with van der Waals surface area (Å²) in [4.78, 5) is 102. The summed E-state index contributed by atoms with van der Waals surface area (Å²) in [5.74, 6) is -15.1. The fourth-order valence-corrected chi connectivity index (χ4v) is 16.5. The molecule has 43 heteroatoms. The number of fused-ring (bicyclic) bond motifs is 3. The van der Waals surface area contributed by atoms with Crippen LogP contribution in [0.4, 0.5) is 96.1 Å². The Balaban J connectivity index is 0.000000176. The summed E-state index contributed by atoms with van der Waals surface area (Å²) in [6.45, 7) is 2.13. The monoisotopic (exact) mass is 1970 g/mol. The minimum Gasteiger partial charge on any atom is -0.467 e. The predicted octanol–water partition coefficient (Wildman–Crippen LogP) is 17.6. The number of esters is 3. The summed E-state index contributed by atoms with van der Waals surface area (Å²) in [6.07, 6.45) is -15.4. The van der Waals surface area contributed by atoms with Gasteiger partial charge in [-0.25, -0.2) is 40.7 Å². The van der Waals surface area contributed by atoms with Gasteiger partial charge in [0.25, 0.3) is 17.7 Å². The van der Waals surface area contributed by atoms with Crippen LogP contribution >= 0.6 is 11.6 Å². The molecule has 3 N–H and O–H groups in total. The van der Waals surface area contributed by atoms with Gasteiger partial charge in [0, 0.05) is 130 Å². The first-order valence-corrected chi connectivity index (χ1v) is 42.5. The Morgan fingerprint density at radius 3 is 1.25 bits per heavy atom. The lowest BCUT2D eigenvalue weighted by atomic mass is 9.94. The van der Waals surface area contributed by atoms with Crippen LogP contribution in [-0.2, 0) is 68.2 Å². The topological polar surface area (TPSA) is 292 Å². The number of hydrogen-bond acceptors (Lipinski definition) is 21. The Labute approximate surface area is 783 Å². The molecule has 6 atom stereocenters. The molecule has 15 rings (SSSR count). The van der Waals surface area contributed by atoms with Crippen molar-refractivity contribution in [3.05, 3.63) is 272 Å². The first-order chi connectivity index (χ1) is 65.9. The van der Waals surface area contributed by atoms with E-state index in [0.29, 0.717) is 95.6 Å². The largest absolute Gasteiger partial charge is 0.467 e. The second-order valence-corrected chi connectivity index (χ2v) is 32.3. The number of hydrogen-bond donors (Lipinski definition) is 3. The van der Waals surface area contributed by atoms with E-state index in [4.69, 9.17) is 40.0 Å². The zero-order valence-electron chi connectivity index (χ0n) is 73.7. The third kappa shape index (κ3) is 23.1. The molecule has 7 aromatic carbocycles. The van der Waals surface area contributed by atoms with E-state index in [0.717, 1.165) is 76.6 Å². The lowest BCUT2D eigenvalue weighted by molar-refractivity contribution is -0.221. The van der Waals surface area contributed by atoms with Crippen LogP contribution in [0.1, 0.15) is 75.7 Å². The molecule has 0 radical (unpaired) electrons. The molecule has 5 aromatic heterocycles. The number of methoxy groups -OCH3 is 3. The maximum atomic E-state index is 15.2. The van der Waals surface area contributed by atoms with E-state index in [9.17, 15) is 86.7 Å². The molecular weight excluding hydrogens is 1890 g/mol. The molecule has 3 fully saturated rings. The summed E-state index contributed by atoms with van der Waals surface area (Å²) in [5.41, 5.74) is 2.46. The van der Waals surface area contributed by atoms with E-state index in [2.05, 4.69) is 40.9 Å². The number of amides is 3. The summed E-state index contributed by atoms with van der Waals surface area (Å²) in [5, 5.41) is 17.9. The highest BCUT2D eigenvalue weighted by molar-refractivity contribution is 6.34. The Morgan fingerprint density at radius 1 is 0.468 bits per heavy atom. The van der Waals surface area contributed by atoms with Gasteiger partial charge in [0.15, 0.2) is 6.10 Å². The molecule has 0 saturated carbocycles. The molecule has 0 spiro atoms. The fourth-order valence-electron chi connectivity index (χ4n) is 16.2. The number of carbonyl (C=O) groups excluding carboxylic acids is 6. The number of pyridine rings is 5. The van der Waals surface area contributed by atoms with E-state index in [1.54, 1.807) is 79.3 Å². The smallest absolute Gasteiger partial charge is 0.418 e. The molecule has 728 valence electrons. The number of nitriles is 1. The number of nitrogens with one attached hydrogen (secondary N) is 3. The normalized spacial score (nSPS) is 15.9. The highest BCUT2D eigenvalue weighted by Gasteiger charge is 2.49. The number of halogens is 19. The van der Waals surface area contributed by atoms with Gasteiger partial charge in [-0.2, -0.15) is 57.9 Å². The summed E-state index contributed by atoms with van der Waals surface area (Å²) in [6, 6.07) is 25.9. The average molecular weight is 1970 g/mol. The van der Waals surface area contributed by atoms with Crippen LogP contribution < -0.4 is 30.7 Å². The van der Waals surface area contributed by atoms with Gasteiger partial charge in [-0.05, 0) is 134 Å². The van der Waals surface area contributed by atoms with Crippen molar-refractivity contribution in [2.75, 3.05) is 95.2 Å². The lowest BCUT2D eigenvalue weighted by Gasteiger charge is -2.38. The Morgan fingerprint density at radius 2 is 0.863 bits per heavy atom. The van der Waals surface area contributed by atoms with Crippen molar-refractivity contribution in [1.29, 1.82) is 5.26 Å². The molecule has 3 aliphatic rings. The third-order valence-corrected chi connectivity index (χ3v) is 23.5. The third-order valence-electron chi connectivity index (χ3n) is 23.2. The maximum Gasteiger partial charge on any atom is 0.418 e. The van der Waals surface area contributed by atoms with Gasteiger partial charge >= 0.3 is 42.6 Å². The average Bonchev–Trinajstić information content (AvgIpc) is 0.765. The Bertz CT molecular complexity index is 6680. The van der Waals surface area contributed by atoms with Gasteiger partial charge in [-0.1, -0.05) is 72.3 Å². The van der Waals surface area contributed by atoms with Gasteiger partial charge in [0.05, 0.1) is 106 Å². The molecule has 0 unspecified atom stereocenters. The molecular formula is C96H79ClF18N12O12. The fraction of sp³-hybridized carbons (Fsp3) is 0.292. The van der Waals surface area contributed by atoms with E-state index in [1.807, 2.05) is 26.0 Å². The Hall–Kier alpha value is -14.3. The molecule has 0 bridgehead atoms. The molecule has 8 heterocycles. The van der Waals surface area contributed by atoms with Crippen molar-refractivity contribution in [2.24, 2.45) is 0 Å². The zero-order valence-corrected chi connectivity index (χ0v) is 74.5. The van der Waals surface area contributed by atoms with Crippen molar-refractivity contribution in [3.8, 4) is 39.7 Å². The van der Waals surface area contributed by atoms with Gasteiger partial charge in [-0.3, -0.25) is 39.3 Å². The number of alkyl halides is 12. The first-order valence-electron chi connectivity index (χ1n) is 42.1. The highest BCUT2D eigenvalue weighted by Crippen LogP contribution is 2.43. The van der Waals surface area contributed by atoms with Gasteiger partial charge in [-0.15, -0.1) is 0 Å². The molecule has 3 amide bonds. The minimum absolute atomic E-state index is 0.0429. The number of anilines is 3. The second-order valence-electron chi connectivity index (χ2n) is 31.9. The van der Waals surface area contributed by atoms with Crippen molar-refractivity contribution in [3.63, 3.8) is 0 Å². The van der Waals surface area contributed by atoms with Crippen molar-refractivity contribution >= 4 is 97.0 Å². The SMILES string of the molecule is COC(=O)[C@H](Cc1ccc(-c2ccc(C#N)cc2Cl)c2ncccc12)NC(=O)c1c(F)cc(N2CCO[C@@H](C(F)(F)F)C2)cc1F.COC(=O)[C@H](Cc1ccc(-c2nc(C)ccc2C(F)(F)F)c2ncccc12)NC(=O)c1c(F)cc(N2CCOC[C@@H]2C(F)(F)F)cc1F.COC(=O)[C@H](Cc1ccc(-c2nccc(C)c2C)c2ncccc12)NC(=O)c1c(F)cc(N2CCOC[C@@H]2C(F)(F)F)cc1F. The van der Waals surface area contributed by atoms with E-state index in [1.165, 1.54) is 49.5 Å². The molecule has 3 aliphatic heterocycles. The van der Waals surface area contributed by atoms with Crippen LogP contribution in [-0.4, -0.2) is 196 Å². The first kappa shape index (κ1) is 102. The van der Waals surface area contributed by atoms with Crippen molar-refractivity contribution < 1.29 is 136 Å². The number of aryl methyl sites for hydroxylation is 2. The molecule has 3 saturated heterocycles. The van der Waals surface area contributed by atoms with Crippen molar-refractivity contribution in [2.45, 2.75) is 101 Å².